The van der Waals surface area contributed by atoms with Crippen molar-refractivity contribution in [2.75, 3.05) is 0 Å². The van der Waals surface area contributed by atoms with E-state index >= 15 is 0 Å². The third-order valence-corrected chi connectivity index (χ3v) is 3.23. The maximum atomic E-state index is 11.6. The smallest absolute Gasteiger partial charge is 0.237 e. The Morgan fingerprint density at radius 2 is 1.94 bits per heavy atom. The van der Waals surface area contributed by atoms with Crippen LogP contribution in [0.25, 0.3) is 0 Å². The number of hydrogen-bond donors (Lipinski definition) is 2. The molecule has 0 aromatic heterocycles. The molecule has 1 rings (SSSR count). The third-order valence-electron chi connectivity index (χ3n) is 3.23. The van der Waals surface area contributed by atoms with Crippen molar-refractivity contribution in [2.24, 2.45) is 5.73 Å². The second kappa shape index (κ2) is 6.40. The van der Waals surface area contributed by atoms with Crippen LogP contribution in [-0.2, 0) is 11.3 Å². The van der Waals surface area contributed by atoms with Crippen LogP contribution in [0.5, 0.6) is 0 Å². The number of amides is 1. The van der Waals surface area contributed by atoms with Crippen molar-refractivity contribution in [2.45, 2.75) is 45.2 Å². The second-order valence-corrected chi connectivity index (χ2v) is 4.39. The lowest BCUT2D eigenvalue weighted by Gasteiger charge is -2.30. The molecule has 0 saturated carbocycles. The van der Waals surface area contributed by atoms with E-state index in [0.717, 1.165) is 19.3 Å². The summed E-state index contributed by atoms with van der Waals surface area (Å²) in [5.41, 5.74) is 6.14. The number of hydrogen-bond acceptors (Lipinski definition) is 2. The molecule has 0 radical (unpaired) electrons. The van der Waals surface area contributed by atoms with Crippen LogP contribution in [0, 0.1) is 0 Å². The Labute approximate surface area is 103 Å². The fourth-order valence-corrected chi connectivity index (χ4v) is 2.07. The van der Waals surface area contributed by atoms with E-state index in [4.69, 9.17) is 5.73 Å². The van der Waals surface area contributed by atoms with Crippen molar-refractivity contribution in [1.29, 1.82) is 0 Å². The lowest BCUT2D eigenvalue weighted by molar-refractivity contribution is -0.125. The molecule has 3 N–H and O–H groups in total. The summed E-state index contributed by atoms with van der Waals surface area (Å²) in [4.78, 5) is 11.6. The molecule has 0 heterocycles. The monoisotopic (exact) mass is 234 g/mol. The minimum Gasteiger partial charge on any atom is -0.368 e. The highest BCUT2D eigenvalue weighted by Gasteiger charge is 2.32. The lowest BCUT2D eigenvalue weighted by Crippen LogP contribution is -2.54. The summed E-state index contributed by atoms with van der Waals surface area (Å²) < 4.78 is 0. The summed E-state index contributed by atoms with van der Waals surface area (Å²) in [6.45, 7) is 4.74. The average Bonchev–Trinajstić information content (AvgIpc) is 2.35. The van der Waals surface area contributed by atoms with E-state index in [2.05, 4.69) is 12.2 Å². The first-order valence-electron chi connectivity index (χ1n) is 6.23. The fraction of sp³-hybridized carbons (Fsp3) is 0.500. The van der Waals surface area contributed by atoms with Crippen LogP contribution >= 0.6 is 0 Å². The number of benzene rings is 1. The predicted octanol–water partition coefficient (Wildman–Crippen LogP) is 2.21. The molecule has 1 amide bonds. The summed E-state index contributed by atoms with van der Waals surface area (Å²) in [6, 6.07) is 10.1. The molecule has 0 aliphatic heterocycles. The van der Waals surface area contributed by atoms with Crippen LogP contribution in [0.15, 0.2) is 30.3 Å². The van der Waals surface area contributed by atoms with Crippen molar-refractivity contribution in [3.05, 3.63) is 35.9 Å². The van der Waals surface area contributed by atoms with E-state index in [1.54, 1.807) is 0 Å². The van der Waals surface area contributed by atoms with Gasteiger partial charge in [-0.05, 0) is 18.4 Å². The first kappa shape index (κ1) is 13.7. The largest absolute Gasteiger partial charge is 0.368 e. The Morgan fingerprint density at radius 1 is 1.29 bits per heavy atom. The van der Waals surface area contributed by atoms with Gasteiger partial charge >= 0.3 is 0 Å². The summed E-state index contributed by atoms with van der Waals surface area (Å²) in [5.74, 6) is -0.252. The molecule has 94 valence electrons. The maximum Gasteiger partial charge on any atom is 0.237 e. The molecule has 0 aliphatic rings. The van der Waals surface area contributed by atoms with Crippen LogP contribution in [0.3, 0.4) is 0 Å². The highest BCUT2D eigenvalue weighted by Crippen LogP contribution is 2.18. The second-order valence-electron chi connectivity index (χ2n) is 4.39. The fourth-order valence-electron chi connectivity index (χ4n) is 2.07. The summed E-state index contributed by atoms with van der Waals surface area (Å²) in [7, 11) is 0. The number of carbonyl (C=O) groups excluding carboxylic acids is 1. The first-order chi connectivity index (χ1) is 8.14. The highest BCUT2D eigenvalue weighted by atomic mass is 16.1. The molecule has 0 saturated heterocycles. The summed E-state index contributed by atoms with van der Waals surface area (Å²) in [5, 5.41) is 3.33. The van der Waals surface area contributed by atoms with Gasteiger partial charge in [0.25, 0.3) is 0 Å². The predicted molar refractivity (Wildman–Crippen MR) is 70.4 cm³/mol. The molecule has 0 spiro atoms. The normalized spacial score (nSPS) is 14.2. The van der Waals surface area contributed by atoms with E-state index in [-0.39, 0.29) is 5.91 Å². The van der Waals surface area contributed by atoms with Crippen LogP contribution in [0.4, 0.5) is 0 Å². The Morgan fingerprint density at radius 3 is 2.41 bits per heavy atom. The standard InChI is InChI=1S/C14H22N2O/c1-3-10-14(4-2,13(15)17)16-11-12-8-6-5-7-9-12/h5-9,16H,3-4,10-11H2,1-2H3,(H2,15,17). The van der Waals surface area contributed by atoms with Gasteiger partial charge in [0.15, 0.2) is 0 Å². The zero-order chi connectivity index (χ0) is 12.7. The van der Waals surface area contributed by atoms with Crippen molar-refractivity contribution in [3.63, 3.8) is 0 Å². The molecule has 0 bridgehead atoms. The first-order valence-corrected chi connectivity index (χ1v) is 6.23. The van der Waals surface area contributed by atoms with Crippen molar-refractivity contribution < 1.29 is 4.79 Å². The summed E-state index contributed by atoms with van der Waals surface area (Å²) in [6.07, 6.45) is 2.45. The molecular formula is C14H22N2O. The third kappa shape index (κ3) is 3.56. The zero-order valence-corrected chi connectivity index (χ0v) is 10.7. The van der Waals surface area contributed by atoms with E-state index in [0.29, 0.717) is 6.54 Å². The van der Waals surface area contributed by atoms with Crippen LogP contribution in [0.1, 0.15) is 38.7 Å². The molecule has 0 aliphatic carbocycles. The van der Waals surface area contributed by atoms with E-state index in [1.807, 2.05) is 37.3 Å². The lowest BCUT2D eigenvalue weighted by atomic mass is 9.89. The van der Waals surface area contributed by atoms with Gasteiger partial charge in [0, 0.05) is 6.54 Å². The molecule has 1 aromatic rings. The van der Waals surface area contributed by atoms with Gasteiger partial charge in [-0.1, -0.05) is 50.6 Å². The van der Waals surface area contributed by atoms with Crippen LogP contribution in [-0.4, -0.2) is 11.4 Å². The number of carbonyl (C=O) groups is 1. The van der Waals surface area contributed by atoms with Gasteiger partial charge in [0.05, 0.1) is 5.54 Å². The Balaban J connectivity index is 2.70. The molecule has 3 heteroatoms. The van der Waals surface area contributed by atoms with E-state index < -0.39 is 5.54 Å². The van der Waals surface area contributed by atoms with Crippen molar-refractivity contribution in [1.82, 2.24) is 5.32 Å². The Bertz CT molecular complexity index is 350. The average molecular weight is 234 g/mol. The van der Waals surface area contributed by atoms with Gasteiger partial charge in [0.2, 0.25) is 5.91 Å². The van der Waals surface area contributed by atoms with Crippen LogP contribution in [0.2, 0.25) is 0 Å². The molecule has 0 fully saturated rings. The minimum absolute atomic E-state index is 0.252. The molecule has 3 nitrogen and oxygen atoms in total. The maximum absolute atomic E-state index is 11.6. The molecule has 17 heavy (non-hydrogen) atoms. The molecule has 1 atom stereocenters. The van der Waals surface area contributed by atoms with Crippen LogP contribution < -0.4 is 11.1 Å². The quantitative estimate of drug-likeness (QED) is 0.760. The summed E-state index contributed by atoms with van der Waals surface area (Å²) >= 11 is 0. The van der Waals surface area contributed by atoms with Gasteiger partial charge in [-0.25, -0.2) is 0 Å². The van der Waals surface area contributed by atoms with Gasteiger partial charge in [-0.15, -0.1) is 0 Å². The minimum atomic E-state index is -0.565. The van der Waals surface area contributed by atoms with E-state index in [1.165, 1.54) is 5.56 Å². The topological polar surface area (TPSA) is 55.1 Å². The van der Waals surface area contributed by atoms with Gasteiger partial charge in [-0.2, -0.15) is 0 Å². The molecule has 1 aromatic carbocycles. The molecular weight excluding hydrogens is 212 g/mol. The Hall–Kier alpha value is -1.35. The van der Waals surface area contributed by atoms with Gasteiger partial charge in [0.1, 0.15) is 0 Å². The molecule has 1 unspecified atom stereocenters. The zero-order valence-electron chi connectivity index (χ0n) is 10.7. The number of rotatable bonds is 7. The van der Waals surface area contributed by atoms with Crippen molar-refractivity contribution in [3.8, 4) is 0 Å². The number of nitrogens with two attached hydrogens (primary N) is 1. The Kier molecular flexibility index (Phi) is 5.16. The SMILES string of the molecule is CCCC(CC)(NCc1ccccc1)C(N)=O. The number of primary amides is 1. The number of nitrogens with one attached hydrogen (secondary N) is 1. The van der Waals surface area contributed by atoms with Crippen molar-refractivity contribution >= 4 is 5.91 Å². The van der Waals surface area contributed by atoms with Gasteiger partial charge in [-0.3, -0.25) is 10.1 Å². The highest BCUT2D eigenvalue weighted by molar-refractivity contribution is 5.84. The van der Waals surface area contributed by atoms with Gasteiger partial charge < -0.3 is 5.73 Å². The van der Waals surface area contributed by atoms with E-state index in [9.17, 15) is 4.79 Å².